The number of benzene rings is 2. The number of nitrogens with zero attached hydrogens (tertiary/aromatic N) is 1. The molecule has 4 nitrogen and oxygen atoms in total. The van der Waals surface area contributed by atoms with E-state index in [1.54, 1.807) is 13.2 Å². The van der Waals surface area contributed by atoms with Crippen LogP contribution in [-0.4, -0.2) is 17.6 Å². The monoisotopic (exact) mass is 280 g/mol. The van der Waals surface area contributed by atoms with Crippen molar-refractivity contribution in [1.82, 2.24) is 4.57 Å². The highest BCUT2D eigenvalue weighted by molar-refractivity contribution is 5.92. The van der Waals surface area contributed by atoms with Gasteiger partial charge in [0.15, 0.2) is 0 Å². The van der Waals surface area contributed by atoms with E-state index in [0.29, 0.717) is 0 Å². The number of aromatic nitrogens is 1. The van der Waals surface area contributed by atoms with Crippen LogP contribution in [-0.2, 0) is 11.3 Å². The van der Waals surface area contributed by atoms with Gasteiger partial charge in [0.25, 0.3) is 0 Å². The maximum atomic E-state index is 12.2. The summed E-state index contributed by atoms with van der Waals surface area (Å²) < 4.78 is 7.08. The molecule has 0 saturated heterocycles. The van der Waals surface area contributed by atoms with Crippen molar-refractivity contribution in [3.05, 3.63) is 60.8 Å². The lowest BCUT2D eigenvalue weighted by atomic mass is 10.2. The molecule has 0 bridgehead atoms. The van der Waals surface area contributed by atoms with E-state index in [1.165, 1.54) is 0 Å². The molecule has 0 aliphatic carbocycles. The fourth-order valence-corrected chi connectivity index (χ4v) is 2.33. The van der Waals surface area contributed by atoms with Crippen LogP contribution < -0.4 is 10.1 Å². The van der Waals surface area contributed by atoms with Crippen molar-refractivity contribution in [2.45, 2.75) is 6.54 Å². The Bertz CT molecular complexity index is 777. The van der Waals surface area contributed by atoms with Crippen LogP contribution in [0.2, 0.25) is 0 Å². The Morgan fingerprint density at radius 1 is 1.14 bits per heavy atom. The third-order valence-corrected chi connectivity index (χ3v) is 3.35. The highest BCUT2D eigenvalue weighted by Gasteiger charge is 2.06. The number of rotatable bonds is 4. The first-order valence-corrected chi connectivity index (χ1v) is 6.74. The summed E-state index contributed by atoms with van der Waals surface area (Å²) in [6.07, 6.45) is 1.93. The van der Waals surface area contributed by atoms with Crippen molar-refractivity contribution in [2.24, 2.45) is 0 Å². The maximum Gasteiger partial charge on any atom is 0.244 e. The number of ether oxygens (including phenoxy) is 1. The molecule has 1 aromatic heterocycles. The van der Waals surface area contributed by atoms with E-state index in [1.807, 2.05) is 59.3 Å². The lowest BCUT2D eigenvalue weighted by Crippen LogP contribution is -2.18. The zero-order chi connectivity index (χ0) is 14.7. The van der Waals surface area contributed by atoms with Crippen molar-refractivity contribution in [2.75, 3.05) is 12.4 Å². The molecule has 0 spiro atoms. The fraction of sp³-hybridized carbons (Fsp3) is 0.118. The molecule has 0 aliphatic heterocycles. The SMILES string of the molecule is COc1cccc(NC(=O)Cn2ccc3ccccc32)c1. The van der Waals surface area contributed by atoms with E-state index in [9.17, 15) is 4.79 Å². The van der Waals surface area contributed by atoms with E-state index < -0.39 is 0 Å². The number of carbonyl (C=O) groups excluding carboxylic acids is 1. The van der Waals surface area contributed by atoms with Crippen LogP contribution in [0.3, 0.4) is 0 Å². The molecule has 3 rings (SSSR count). The first-order valence-electron chi connectivity index (χ1n) is 6.74. The summed E-state index contributed by atoms with van der Waals surface area (Å²) in [5.41, 5.74) is 1.79. The topological polar surface area (TPSA) is 43.3 Å². The summed E-state index contributed by atoms with van der Waals surface area (Å²) in [6.45, 7) is 0.282. The summed E-state index contributed by atoms with van der Waals surface area (Å²) in [5, 5.41) is 4.01. The van der Waals surface area contributed by atoms with E-state index in [2.05, 4.69) is 5.32 Å². The van der Waals surface area contributed by atoms with E-state index in [4.69, 9.17) is 4.74 Å². The summed E-state index contributed by atoms with van der Waals surface area (Å²) in [7, 11) is 1.60. The van der Waals surface area contributed by atoms with Crippen LogP contribution >= 0.6 is 0 Å². The Hall–Kier alpha value is -2.75. The van der Waals surface area contributed by atoms with Crippen LogP contribution in [0, 0.1) is 0 Å². The fourth-order valence-electron chi connectivity index (χ4n) is 2.33. The summed E-state index contributed by atoms with van der Waals surface area (Å²) in [6, 6.07) is 17.3. The highest BCUT2D eigenvalue weighted by Crippen LogP contribution is 2.18. The van der Waals surface area contributed by atoms with Crippen LogP contribution in [0.15, 0.2) is 60.8 Å². The molecule has 1 heterocycles. The summed E-state index contributed by atoms with van der Waals surface area (Å²) in [5.74, 6) is 0.656. The molecule has 0 radical (unpaired) electrons. The number of carbonyl (C=O) groups is 1. The minimum absolute atomic E-state index is 0.0652. The normalized spacial score (nSPS) is 10.5. The molecule has 21 heavy (non-hydrogen) atoms. The second-order valence-corrected chi connectivity index (χ2v) is 4.78. The van der Waals surface area contributed by atoms with Gasteiger partial charge in [-0.15, -0.1) is 0 Å². The van der Waals surface area contributed by atoms with Crippen molar-refractivity contribution in [3.63, 3.8) is 0 Å². The average Bonchev–Trinajstić information content (AvgIpc) is 2.91. The van der Waals surface area contributed by atoms with Gasteiger partial charge in [0.05, 0.1) is 7.11 Å². The van der Waals surface area contributed by atoms with Gasteiger partial charge in [0, 0.05) is 23.5 Å². The van der Waals surface area contributed by atoms with Crippen molar-refractivity contribution >= 4 is 22.5 Å². The van der Waals surface area contributed by atoms with Gasteiger partial charge < -0.3 is 14.6 Å². The number of fused-ring (bicyclic) bond motifs is 1. The van der Waals surface area contributed by atoms with Crippen LogP contribution in [0.25, 0.3) is 10.9 Å². The first kappa shape index (κ1) is 13.2. The third kappa shape index (κ3) is 2.89. The van der Waals surface area contributed by atoms with Gasteiger partial charge in [-0.05, 0) is 29.7 Å². The standard InChI is InChI=1S/C17H16N2O2/c1-21-15-7-4-6-14(11-15)18-17(20)12-19-10-9-13-5-2-3-8-16(13)19/h2-11H,12H2,1H3,(H,18,20). The predicted octanol–water partition coefficient (Wildman–Crippen LogP) is 3.29. The van der Waals surface area contributed by atoms with Gasteiger partial charge in [-0.3, -0.25) is 4.79 Å². The maximum absolute atomic E-state index is 12.2. The van der Waals surface area contributed by atoms with Crippen molar-refractivity contribution in [1.29, 1.82) is 0 Å². The minimum atomic E-state index is -0.0652. The predicted molar refractivity (Wildman–Crippen MR) is 83.6 cm³/mol. The average molecular weight is 280 g/mol. The second-order valence-electron chi connectivity index (χ2n) is 4.78. The molecular formula is C17H16N2O2. The van der Waals surface area contributed by atoms with Gasteiger partial charge in [-0.25, -0.2) is 0 Å². The molecule has 106 valence electrons. The van der Waals surface area contributed by atoms with Crippen LogP contribution in [0.5, 0.6) is 5.75 Å². The Morgan fingerprint density at radius 2 is 2.00 bits per heavy atom. The lowest BCUT2D eigenvalue weighted by molar-refractivity contribution is -0.116. The summed E-state index contributed by atoms with van der Waals surface area (Å²) >= 11 is 0. The van der Waals surface area contributed by atoms with Gasteiger partial charge in [-0.2, -0.15) is 0 Å². The zero-order valence-corrected chi connectivity index (χ0v) is 11.7. The molecule has 0 unspecified atom stereocenters. The molecule has 4 heteroatoms. The smallest absolute Gasteiger partial charge is 0.244 e. The van der Waals surface area contributed by atoms with E-state index in [-0.39, 0.29) is 12.5 Å². The molecule has 1 N–H and O–H groups in total. The van der Waals surface area contributed by atoms with E-state index >= 15 is 0 Å². The second kappa shape index (κ2) is 5.71. The molecule has 0 saturated carbocycles. The third-order valence-electron chi connectivity index (χ3n) is 3.35. The molecule has 2 aromatic carbocycles. The molecule has 1 amide bonds. The van der Waals surface area contributed by atoms with Gasteiger partial charge in [-0.1, -0.05) is 24.3 Å². The largest absolute Gasteiger partial charge is 0.497 e. The van der Waals surface area contributed by atoms with Crippen molar-refractivity contribution in [3.8, 4) is 5.75 Å². The quantitative estimate of drug-likeness (QED) is 0.797. The van der Waals surface area contributed by atoms with Gasteiger partial charge in [0.2, 0.25) is 5.91 Å². The van der Waals surface area contributed by atoms with E-state index in [0.717, 1.165) is 22.3 Å². The Morgan fingerprint density at radius 3 is 2.86 bits per heavy atom. The van der Waals surface area contributed by atoms with Crippen molar-refractivity contribution < 1.29 is 9.53 Å². The molecule has 0 atom stereocenters. The molecule has 0 aliphatic rings. The first-order chi connectivity index (χ1) is 10.3. The Balaban J connectivity index is 1.74. The zero-order valence-electron chi connectivity index (χ0n) is 11.7. The number of hydrogen-bond acceptors (Lipinski definition) is 2. The summed E-state index contributed by atoms with van der Waals surface area (Å²) in [4.78, 5) is 12.2. The van der Waals surface area contributed by atoms with Crippen LogP contribution in [0.1, 0.15) is 0 Å². The minimum Gasteiger partial charge on any atom is -0.497 e. The number of para-hydroxylation sites is 1. The Labute approximate surface area is 123 Å². The number of amides is 1. The van der Waals surface area contributed by atoms with Crippen LogP contribution in [0.4, 0.5) is 5.69 Å². The number of nitrogens with one attached hydrogen (secondary N) is 1. The van der Waals surface area contributed by atoms with Gasteiger partial charge >= 0.3 is 0 Å². The van der Waals surface area contributed by atoms with Gasteiger partial charge in [0.1, 0.15) is 12.3 Å². The number of methoxy groups -OCH3 is 1. The Kier molecular flexibility index (Phi) is 3.60. The highest BCUT2D eigenvalue weighted by atomic mass is 16.5. The number of hydrogen-bond donors (Lipinski definition) is 1. The number of anilines is 1. The molecule has 3 aromatic rings. The molecule has 0 fully saturated rings. The molecular weight excluding hydrogens is 264 g/mol. The lowest BCUT2D eigenvalue weighted by Gasteiger charge is -2.08.